The lowest BCUT2D eigenvalue weighted by atomic mass is 10.3. The third-order valence-corrected chi connectivity index (χ3v) is 3.94. The molecule has 0 saturated carbocycles. The Morgan fingerprint density at radius 1 is 1.24 bits per heavy atom. The van der Waals surface area contributed by atoms with Gasteiger partial charge in [-0.05, 0) is 19.2 Å². The molecule has 0 aliphatic carbocycles. The van der Waals surface area contributed by atoms with E-state index >= 15 is 0 Å². The van der Waals surface area contributed by atoms with Gasteiger partial charge in [0.2, 0.25) is 0 Å². The number of nitrogens with zero attached hydrogens (tertiary/aromatic N) is 4. The molecular formula is C17H20FN5O2. The second-order valence-electron chi connectivity index (χ2n) is 5.82. The molecule has 0 radical (unpaired) electrons. The smallest absolute Gasteiger partial charge is 0.263 e. The van der Waals surface area contributed by atoms with Crippen LogP contribution in [0.3, 0.4) is 0 Å². The van der Waals surface area contributed by atoms with Gasteiger partial charge in [0.15, 0.2) is 18.2 Å². The molecule has 8 heteroatoms. The largest absolute Gasteiger partial charge is 0.481 e. The lowest BCUT2D eigenvalue weighted by Crippen LogP contribution is -2.44. The highest BCUT2D eigenvalue weighted by molar-refractivity contribution is 5.91. The third-order valence-electron chi connectivity index (χ3n) is 3.94. The van der Waals surface area contributed by atoms with Crippen LogP contribution >= 0.6 is 0 Å². The molecule has 0 atom stereocenters. The predicted octanol–water partition coefficient (Wildman–Crippen LogP) is 1.38. The zero-order chi connectivity index (χ0) is 17.6. The van der Waals surface area contributed by atoms with Crippen molar-refractivity contribution in [1.29, 1.82) is 0 Å². The van der Waals surface area contributed by atoms with Crippen LogP contribution in [-0.2, 0) is 4.79 Å². The molecule has 1 aromatic carbocycles. The molecule has 132 valence electrons. The number of piperazine rings is 1. The van der Waals surface area contributed by atoms with Crippen molar-refractivity contribution < 1.29 is 13.9 Å². The second-order valence-corrected chi connectivity index (χ2v) is 5.82. The van der Waals surface area contributed by atoms with Crippen LogP contribution < -0.4 is 15.0 Å². The molecule has 1 N–H and O–H groups in total. The number of nitrogens with one attached hydrogen (secondary N) is 1. The number of anilines is 2. The van der Waals surface area contributed by atoms with Crippen LogP contribution in [0.2, 0.25) is 0 Å². The summed E-state index contributed by atoms with van der Waals surface area (Å²) in [7, 11) is 2.08. The van der Waals surface area contributed by atoms with E-state index in [1.54, 1.807) is 18.2 Å². The van der Waals surface area contributed by atoms with Crippen molar-refractivity contribution in [3.8, 4) is 5.75 Å². The average molecular weight is 345 g/mol. The maximum atomic E-state index is 13.5. The summed E-state index contributed by atoms with van der Waals surface area (Å²) in [5, 5.41) is 2.65. The molecule has 0 bridgehead atoms. The average Bonchev–Trinajstić information content (AvgIpc) is 2.62. The van der Waals surface area contributed by atoms with Gasteiger partial charge in [-0.25, -0.2) is 14.4 Å². The molecule has 1 aromatic heterocycles. The number of hydrogen-bond donors (Lipinski definition) is 1. The second kappa shape index (κ2) is 7.89. The first-order valence-corrected chi connectivity index (χ1v) is 8.04. The van der Waals surface area contributed by atoms with Crippen LogP contribution in [0.4, 0.5) is 16.0 Å². The molecule has 1 amide bonds. The number of ether oxygens (including phenoxy) is 1. The van der Waals surface area contributed by atoms with Gasteiger partial charge in [-0.15, -0.1) is 0 Å². The van der Waals surface area contributed by atoms with Crippen LogP contribution in [0.15, 0.2) is 36.7 Å². The molecular weight excluding hydrogens is 325 g/mol. The van der Waals surface area contributed by atoms with E-state index in [9.17, 15) is 9.18 Å². The zero-order valence-electron chi connectivity index (χ0n) is 14.0. The molecule has 1 aliphatic heterocycles. The molecule has 0 unspecified atom stereocenters. The lowest BCUT2D eigenvalue weighted by Gasteiger charge is -2.33. The fourth-order valence-corrected chi connectivity index (χ4v) is 2.51. The van der Waals surface area contributed by atoms with Crippen molar-refractivity contribution in [3.63, 3.8) is 0 Å². The lowest BCUT2D eigenvalue weighted by molar-refractivity contribution is -0.118. The van der Waals surface area contributed by atoms with Crippen LogP contribution in [0, 0.1) is 5.82 Å². The van der Waals surface area contributed by atoms with E-state index in [2.05, 4.69) is 32.1 Å². The minimum atomic E-state index is -0.505. The molecule has 1 saturated heterocycles. The number of aromatic nitrogens is 2. The fraction of sp³-hybridized carbons (Fsp3) is 0.353. The monoisotopic (exact) mass is 345 g/mol. The SMILES string of the molecule is CN1CCN(c2cc(NC(=O)COc3ccccc3F)ncn2)CC1. The number of rotatable bonds is 5. The Morgan fingerprint density at radius 2 is 2.00 bits per heavy atom. The highest BCUT2D eigenvalue weighted by Gasteiger charge is 2.16. The summed E-state index contributed by atoms with van der Waals surface area (Å²) in [6.45, 7) is 3.37. The van der Waals surface area contributed by atoms with Crippen molar-refractivity contribution in [1.82, 2.24) is 14.9 Å². The minimum absolute atomic E-state index is 0.0402. The van der Waals surface area contributed by atoms with E-state index in [-0.39, 0.29) is 12.4 Å². The van der Waals surface area contributed by atoms with Gasteiger partial charge in [0.25, 0.3) is 5.91 Å². The van der Waals surface area contributed by atoms with Gasteiger partial charge >= 0.3 is 0 Å². The molecule has 1 aliphatic rings. The molecule has 0 spiro atoms. The van der Waals surface area contributed by atoms with Crippen molar-refractivity contribution in [2.24, 2.45) is 0 Å². The maximum absolute atomic E-state index is 13.5. The Morgan fingerprint density at radius 3 is 2.76 bits per heavy atom. The standard InChI is InChI=1S/C17H20FN5O2/c1-22-6-8-23(9-7-22)16-10-15(19-12-20-16)21-17(24)11-25-14-5-3-2-4-13(14)18/h2-5,10,12H,6-9,11H2,1H3,(H,19,20,21,24). The quantitative estimate of drug-likeness (QED) is 0.883. The Hall–Kier alpha value is -2.74. The zero-order valence-corrected chi connectivity index (χ0v) is 14.0. The van der Waals surface area contributed by atoms with Gasteiger partial charge in [-0.2, -0.15) is 0 Å². The predicted molar refractivity (Wildman–Crippen MR) is 92.3 cm³/mol. The number of likely N-dealkylation sites (N-methyl/N-ethyl adjacent to an activating group) is 1. The molecule has 2 heterocycles. The van der Waals surface area contributed by atoms with Gasteiger partial charge in [0.1, 0.15) is 18.0 Å². The number of hydrogen-bond acceptors (Lipinski definition) is 6. The van der Waals surface area contributed by atoms with Crippen LogP contribution in [0.1, 0.15) is 0 Å². The maximum Gasteiger partial charge on any atom is 0.263 e. The molecule has 7 nitrogen and oxygen atoms in total. The number of halogens is 1. The van der Waals surface area contributed by atoms with E-state index < -0.39 is 11.7 Å². The minimum Gasteiger partial charge on any atom is -0.481 e. The Bertz CT molecular complexity index is 734. The van der Waals surface area contributed by atoms with Crippen molar-refractivity contribution in [2.45, 2.75) is 0 Å². The van der Waals surface area contributed by atoms with Crippen molar-refractivity contribution in [2.75, 3.05) is 50.1 Å². The summed E-state index contributed by atoms with van der Waals surface area (Å²) < 4.78 is 18.6. The number of carbonyl (C=O) groups excluding carboxylic acids is 1. The summed E-state index contributed by atoms with van der Waals surface area (Å²) in [4.78, 5) is 24.7. The number of benzene rings is 1. The normalized spacial score (nSPS) is 15.0. The Kier molecular flexibility index (Phi) is 5.39. The van der Waals surface area contributed by atoms with Gasteiger partial charge in [0.05, 0.1) is 0 Å². The van der Waals surface area contributed by atoms with Gasteiger partial charge in [0, 0.05) is 32.2 Å². The van der Waals surface area contributed by atoms with E-state index in [1.165, 1.54) is 18.5 Å². The summed E-state index contributed by atoms with van der Waals surface area (Å²) >= 11 is 0. The third kappa shape index (κ3) is 4.63. The number of carbonyl (C=O) groups is 1. The van der Waals surface area contributed by atoms with E-state index in [0.717, 1.165) is 32.0 Å². The first kappa shape index (κ1) is 17.1. The van der Waals surface area contributed by atoms with E-state index in [1.807, 2.05) is 0 Å². The topological polar surface area (TPSA) is 70.6 Å². The molecule has 3 rings (SSSR count). The highest BCUT2D eigenvalue weighted by Crippen LogP contribution is 2.17. The van der Waals surface area contributed by atoms with Gasteiger partial charge in [-0.3, -0.25) is 4.79 Å². The van der Waals surface area contributed by atoms with Gasteiger partial charge in [-0.1, -0.05) is 12.1 Å². The summed E-state index contributed by atoms with van der Waals surface area (Å²) in [6.07, 6.45) is 1.42. The van der Waals surface area contributed by atoms with Crippen molar-refractivity contribution in [3.05, 3.63) is 42.5 Å². The Balaban J connectivity index is 1.56. The molecule has 1 fully saturated rings. The molecule has 25 heavy (non-hydrogen) atoms. The molecule has 2 aromatic rings. The van der Waals surface area contributed by atoms with Crippen LogP contribution in [-0.4, -0.2) is 60.6 Å². The number of amides is 1. The fourth-order valence-electron chi connectivity index (χ4n) is 2.51. The number of para-hydroxylation sites is 1. The van der Waals surface area contributed by atoms with Crippen LogP contribution in [0.5, 0.6) is 5.75 Å². The first-order valence-electron chi connectivity index (χ1n) is 8.04. The summed E-state index contributed by atoms with van der Waals surface area (Å²) in [5.41, 5.74) is 0. The van der Waals surface area contributed by atoms with Gasteiger partial charge < -0.3 is 19.9 Å². The first-order chi connectivity index (χ1) is 12.1. The van der Waals surface area contributed by atoms with Crippen LogP contribution in [0.25, 0.3) is 0 Å². The summed E-state index contributed by atoms with van der Waals surface area (Å²) in [5.74, 6) is 0.291. The van der Waals surface area contributed by atoms with E-state index in [0.29, 0.717) is 5.82 Å². The summed E-state index contributed by atoms with van der Waals surface area (Å²) in [6, 6.07) is 7.68. The Labute approximate surface area is 145 Å². The van der Waals surface area contributed by atoms with E-state index in [4.69, 9.17) is 4.74 Å². The van der Waals surface area contributed by atoms with Crippen molar-refractivity contribution >= 4 is 17.5 Å². The highest BCUT2D eigenvalue weighted by atomic mass is 19.1.